The molecule has 0 aliphatic carbocycles. The van der Waals surface area contributed by atoms with Crippen LogP contribution in [0.3, 0.4) is 0 Å². The molecule has 7 nitrogen and oxygen atoms in total. The van der Waals surface area contributed by atoms with E-state index in [-0.39, 0.29) is 18.2 Å². The van der Waals surface area contributed by atoms with E-state index in [0.717, 1.165) is 19.3 Å². The number of amides is 1. The number of unbranched alkanes of at least 4 members (excludes halogenated alkanes) is 1. The van der Waals surface area contributed by atoms with Gasteiger partial charge in [-0.15, -0.1) is 11.8 Å². The molecule has 10 heteroatoms. The lowest BCUT2D eigenvalue weighted by molar-refractivity contribution is -0.208. The number of thioether (sulfide) groups is 1. The van der Waals surface area contributed by atoms with Crippen LogP contribution in [0.25, 0.3) is 0 Å². The summed E-state index contributed by atoms with van der Waals surface area (Å²) in [5.41, 5.74) is -0.702. The van der Waals surface area contributed by atoms with Crippen LogP contribution in [0, 0.1) is 11.8 Å². The number of carbonyl (C=O) groups is 1. The molecule has 0 spiro atoms. The molecule has 0 aromatic rings. The van der Waals surface area contributed by atoms with Gasteiger partial charge in [0.25, 0.3) is 0 Å². The molecule has 1 amide bonds. The van der Waals surface area contributed by atoms with Crippen molar-refractivity contribution in [3.63, 3.8) is 0 Å². The number of rotatable bonds is 10. The van der Waals surface area contributed by atoms with Crippen LogP contribution in [0.1, 0.15) is 52.4 Å². The summed E-state index contributed by atoms with van der Waals surface area (Å²) in [5.74, 6) is 0.0249. The fourth-order valence-corrected chi connectivity index (χ4v) is 5.13. The number of halogens is 2. The Balaban J connectivity index is 1.95. The van der Waals surface area contributed by atoms with E-state index in [2.05, 4.69) is 10.6 Å². The second-order valence-corrected chi connectivity index (χ2v) is 9.96. The predicted molar refractivity (Wildman–Crippen MR) is 116 cm³/mol. The van der Waals surface area contributed by atoms with Gasteiger partial charge in [-0.1, -0.05) is 26.7 Å². The van der Waals surface area contributed by atoms with Gasteiger partial charge in [-0.2, -0.15) is 0 Å². The molecule has 0 saturated carbocycles. The van der Waals surface area contributed by atoms with Gasteiger partial charge < -0.3 is 30.7 Å². The van der Waals surface area contributed by atoms with Gasteiger partial charge in [-0.25, -0.2) is 8.78 Å². The number of ether oxygens (including phenoxy) is 1. The summed E-state index contributed by atoms with van der Waals surface area (Å²) in [4.78, 5) is 13.0. The number of hydrogen-bond donors (Lipinski definition) is 5. The molecule has 182 valence electrons. The Bertz CT molecular complexity index is 558. The zero-order chi connectivity index (χ0) is 23.1. The van der Waals surface area contributed by atoms with E-state index >= 15 is 0 Å². The van der Waals surface area contributed by atoms with E-state index in [0.29, 0.717) is 25.3 Å². The number of aliphatic hydroxyl groups excluding tert-OH is 3. The highest BCUT2D eigenvalue weighted by atomic mass is 32.2. The zero-order valence-electron chi connectivity index (χ0n) is 18.5. The SMILES string of the molecule is CS[C@H]1O[C@H]([C@H](NC(=O)[C@@H]2C[C@H](CCCCC(F)F)CCN2)C(C)C)[C@H](O)[C@H](O)[C@H]1O. The maximum absolute atomic E-state index is 13.0. The Kier molecular flexibility index (Phi) is 10.9. The first-order chi connectivity index (χ1) is 14.6. The number of carbonyl (C=O) groups excluding carboxylic acids is 1. The van der Waals surface area contributed by atoms with Crippen molar-refractivity contribution < 1.29 is 33.6 Å². The van der Waals surface area contributed by atoms with Crippen molar-refractivity contribution in [3.05, 3.63) is 0 Å². The number of alkyl halides is 2. The molecule has 2 fully saturated rings. The minimum atomic E-state index is -2.26. The van der Waals surface area contributed by atoms with Crippen molar-refractivity contribution in [2.75, 3.05) is 12.8 Å². The molecule has 2 heterocycles. The molecule has 2 rings (SSSR count). The molecular weight excluding hydrogens is 430 g/mol. The third-order valence-electron chi connectivity index (χ3n) is 6.33. The second-order valence-electron chi connectivity index (χ2n) is 9.03. The van der Waals surface area contributed by atoms with Gasteiger partial charge in [0.05, 0.1) is 12.1 Å². The normalized spacial score (nSPS) is 35.4. The lowest BCUT2D eigenvalue weighted by Gasteiger charge is -2.44. The fraction of sp³-hybridized carbons (Fsp3) is 0.952. The first-order valence-corrected chi connectivity index (χ1v) is 12.5. The maximum atomic E-state index is 13.0. The fourth-order valence-electron chi connectivity index (χ4n) is 4.45. The maximum Gasteiger partial charge on any atom is 0.238 e. The van der Waals surface area contributed by atoms with Gasteiger partial charge >= 0.3 is 0 Å². The van der Waals surface area contributed by atoms with Crippen LogP contribution >= 0.6 is 11.8 Å². The third-order valence-corrected chi connectivity index (χ3v) is 7.19. The van der Waals surface area contributed by atoms with E-state index in [1.807, 2.05) is 13.8 Å². The van der Waals surface area contributed by atoms with Crippen LogP contribution in [0.4, 0.5) is 8.78 Å². The van der Waals surface area contributed by atoms with Gasteiger partial charge in [-0.3, -0.25) is 4.79 Å². The topological polar surface area (TPSA) is 111 Å². The van der Waals surface area contributed by atoms with E-state index in [9.17, 15) is 28.9 Å². The van der Waals surface area contributed by atoms with Crippen LogP contribution in [0.5, 0.6) is 0 Å². The van der Waals surface area contributed by atoms with Crippen LogP contribution in [-0.2, 0) is 9.53 Å². The molecule has 2 aliphatic rings. The van der Waals surface area contributed by atoms with E-state index in [1.165, 1.54) is 11.8 Å². The minimum absolute atomic E-state index is 0.0771. The Morgan fingerprint density at radius 2 is 1.90 bits per heavy atom. The van der Waals surface area contributed by atoms with E-state index in [1.54, 1.807) is 6.26 Å². The van der Waals surface area contributed by atoms with Crippen LogP contribution < -0.4 is 10.6 Å². The largest absolute Gasteiger partial charge is 0.388 e. The molecule has 0 aromatic carbocycles. The van der Waals surface area contributed by atoms with Gasteiger partial charge in [0.2, 0.25) is 12.3 Å². The predicted octanol–water partition coefficient (Wildman–Crippen LogP) is 1.49. The molecule has 0 bridgehead atoms. The molecular formula is C21H38F2N2O5S. The highest BCUT2D eigenvalue weighted by molar-refractivity contribution is 7.99. The molecule has 2 aliphatic heterocycles. The Morgan fingerprint density at radius 1 is 1.19 bits per heavy atom. The summed E-state index contributed by atoms with van der Waals surface area (Å²) in [6.07, 6.45) is -1.75. The first-order valence-electron chi connectivity index (χ1n) is 11.2. The average Bonchev–Trinajstić information content (AvgIpc) is 2.74. The quantitative estimate of drug-likeness (QED) is 0.309. The average molecular weight is 469 g/mol. The van der Waals surface area contributed by atoms with Crippen molar-refractivity contribution in [2.24, 2.45) is 11.8 Å². The van der Waals surface area contributed by atoms with Crippen molar-refractivity contribution in [1.82, 2.24) is 10.6 Å². The Morgan fingerprint density at radius 3 is 2.52 bits per heavy atom. The van der Waals surface area contributed by atoms with Gasteiger partial charge in [-0.05, 0) is 43.9 Å². The molecule has 31 heavy (non-hydrogen) atoms. The number of hydrogen-bond acceptors (Lipinski definition) is 7. The van der Waals surface area contributed by atoms with E-state index < -0.39 is 48.4 Å². The lowest BCUT2D eigenvalue weighted by atomic mass is 9.86. The molecule has 0 radical (unpaired) electrons. The van der Waals surface area contributed by atoms with Crippen molar-refractivity contribution >= 4 is 17.7 Å². The number of nitrogens with one attached hydrogen (secondary N) is 2. The minimum Gasteiger partial charge on any atom is -0.388 e. The van der Waals surface area contributed by atoms with Crippen molar-refractivity contribution in [2.45, 2.75) is 101 Å². The van der Waals surface area contributed by atoms with Crippen LogP contribution in [0.2, 0.25) is 0 Å². The van der Waals surface area contributed by atoms with Gasteiger partial charge in [0.15, 0.2) is 0 Å². The van der Waals surface area contributed by atoms with Crippen molar-refractivity contribution in [1.29, 1.82) is 0 Å². The molecule has 0 aromatic heterocycles. The lowest BCUT2D eigenvalue weighted by Crippen LogP contribution is -2.65. The van der Waals surface area contributed by atoms with Crippen molar-refractivity contribution in [3.8, 4) is 0 Å². The van der Waals surface area contributed by atoms with Crippen LogP contribution in [-0.4, -0.2) is 82.4 Å². The number of aliphatic hydroxyl groups is 3. The van der Waals surface area contributed by atoms with Crippen LogP contribution in [0.15, 0.2) is 0 Å². The summed E-state index contributed by atoms with van der Waals surface area (Å²) in [7, 11) is 0. The Labute approximate surface area is 187 Å². The summed E-state index contributed by atoms with van der Waals surface area (Å²) in [5, 5.41) is 37.0. The van der Waals surface area contributed by atoms with Gasteiger partial charge in [0.1, 0.15) is 29.9 Å². The first kappa shape index (κ1) is 26.7. The van der Waals surface area contributed by atoms with Gasteiger partial charge in [0, 0.05) is 6.42 Å². The highest BCUT2D eigenvalue weighted by Gasteiger charge is 2.47. The number of piperidine rings is 1. The summed E-state index contributed by atoms with van der Waals surface area (Å²) >= 11 is 1.24. The summed E-state index contributed by atoms with van der Waals surface area (Å²) in [6.45, 7) is 4.48. The summed E-state index contributed by atoms with van der Waals surface area (Å²) in [6, 6.07) is -0.949. The molecule has 0 unspecified atom stereocenters. The standard InChI is InChI=1S/C21H38F2N2O5S/c1-11(2)15(19-17(27)16(26)18(28)21(30-19)31-3)25-20(29)13-10-12(8-9-24-13)6-4-5-7-14(22)23/h11-19,21,24,26-28H,4-10H2,1-3H3,(H,25,29)/t12-,13+,15-,16+,17-,18-,19-,21-/m1/s1. The molecule has 5 N–H and O–H groups in total. The smallest absolute Gasteiger partial charge is 0.238 e. The molecule has 8 atom stereocenters. The third kappa shape index (κ3) is 7.50. The summed E-state index contributed by atoms with van der Waals surface area (Å²) < 4.78 is 30.5. The van der Waals surface area contributed by atoms with E-state index in [4.69, 9.17) is 4.74 Å². The second kappa shape index (κ2) is 12.6. The zero-order valence-corrected chi connectivity index (χ0v) is 19.4. The highest BCUT2D eigenvalue weighted by Crippen LogP contribution is 2.31. The molecule has 2 saturated heterocycles. The monoisotopic (exact) mass is 468 g/mol. The Hall–Kier alpha value is -0.520.